The molecule has 0 fully saturated rings. The molecule has 2 aromatic rings. The minimum Gasteiger partial charge on any atom is -0.349 e. The molecule has 1 N–H and O–H groups in total. The largest absolute Gasteiger partial charge is 0.349 e. The molecule has 0 radical (unpaired) electrons. The highest BCUT2D eigenvalue weighted by molar-refractivity contribution is 7.90. The van der Waals surface area contributed by atoms with E-state index in [9.17, 15) is 13.2 Å². The van der Waals surface area contributed by atoms with Crippen LogP contribution in [0.3, 0.4) is 0 Å². The number of aryl methyl sites for hydroxylation is 1. The molecule has 5 heteroatoms. The molecule has 0 aliphatic rings. The van der Waals surface area contributed by atoms with Crippen LogP contribution < -0.4 is 5.32 Å². The Hall–Kier alpha value is -2.14. The fraction of sp³-hybridized carbons (Fsp3) is 0.381. The highest BCUT2D eigenvalue weighted by Gasteiger charge is 2.12. The normalized spacial score (nSPS) is 12.6. The molecule has 0 spiro atoms. The van der Waals surface area contributed by atoms with Crippen molar-refractivity contribution in [2.45, 2.75) is 50.5 Å². The summed E-state index contributed by atoms with van der Waals surface area (Å²) in [4.78, 5) is 12.6. The minimum atomic E-state index is -3.21. The average molecular weight is 374 g/mol. The third-order valence-electron chi connectivity index (χ3n) is 4.39. The molecule has 0 aliphatic heterocycles. The van der Waals surface area contributed by atoms with Crippen LogP contribution in [0.25, 0.3) is 0 Å². The molecule has 0 heterocycles. The first-order valence-corrected chi connectivity index (χ1v) is 10.9. The molecular weight excluding hydrogens is 346 g/mol. The summed E-state index contributed by atoms with van der Waals surface area (Å²) in [7, 11) is -3.21. The fourth-order valence-electron chi connectivity index (χ4n) is 2.77. The molecule has 2 aromatic carbocycles. The van der Waals surface area contributed by atoms with Gasteiger partial charge >= 0.3 is 0 Å². The summed E-state index contributed by atoms with van der Waals surface area (Å²) in [6.45, 7) is 4.07. The van der Waals surface area contributed by atoms with Gasteiger partial charge in [0.25, 0.3) is 0 Å². The zero-order chi connectivity index (χ0) is 19.2. The number of carbonyl (C=O) groups is 1. The molecule has 1 amide bonds. The van der Waals surface area contributed by atoms with E-state index in [1.165, 1.54) is 24.7 Å². The second-order valence-electron chi connectivity index (χ2n) is 6.73. The lowest BCUT2D eigenvalue weighted by molar-refractivity contribution is -0.121. The van der Waals surface area contributed by atoms with Gasteiger partial charge in [-0.1, -0.05) is 49.7 Å². The number of nitrogens with one attached hydrogen (secondary N) is 1. The molecule has 2 rings (SSSR count). The van der Waals surface area contributed by atoms with E-state index in [4.69, 9.17) is 0 Å². The first-order valence-electron chi connectivity index (χ1n) is 8.97. The maximum absolute atomic E-state index is 12.3. The number of hydrogen-bond acceptors (Lipinski definition) is 3. The van der Waals surface area contributed by atoms with Gasteiger partial charge in [0.1, 0.15) is 0 Å². The van der Waals surface area contributed by atoms with E-state index in [-0.39, 0.29) is 16.8 Å². The minimum absolute atomic E-state index is 0.0500. The molecule has 0 aromatic heterocycles. The number of carbonyl (C=O) groups excluding carboxylic acids is 1. The van der Waals surface area contributed by atoms with Crippen molar-refractivity contribution in [3.63, 3.8) is 0 Å². The van der Waals surface area contributed by atoms with Gasteiger partial charge in [0, 0.05) is 6.26 Å². The summed E-state index contributed by atoms with van der Waals surface area (Å²) in [6, 6.07) is 14.6. The number of benzene rings is 2. The molecule has 0 saturated carbocycles. The summed E-state index contributed by atoms with van der Waals surface area (Å²) in [5.74, 6) is -0.0500. The lowest BCUT2D eigenvalue weighted by Gasteiger charge is -2.15. The lowest BCUT2D eigenvalue weighted by atomic mass is 10.0. The smallest absolute Gasteiger partial charge is 0.224 e. The van der Waals surface area contributed by atoms with Crippen LogP contribution in [0.5, 0.6) is 0 Å². The molecular formula is C21H27NO3S. The van der Waals surface area contributed by atoms with E-state index < -0.39 is 9.84 Å². The Bertz CT molecular complexity index is 825. The van der Waals surface area contributed by atoms with Crippen molar-refractivity contribution in [1.29, 1.82) is 0 Å². The fourth-order valence-corrected chi connectivity index (χ4v) is 3.40. The summed E-state index contributed by atoms with van der Waals surface area (Å²) in [5, 5.41) is 2.96. The van der Waals surface area contributed by atoms with Crippen LogP contribution in [0.15, 0.2) is 53.4 Å². The van der Waals surface area contributed by atoms with Crippen molar-refractivity contribution in [3.05, 3.63) is 65.2 Å². The van der Waals surface area contributed by atoms with Gasteiger partial charge in [-0.15, -0.1) is 0 Å². The van der Waals surface area contributed by atoms with Gasteiger partial charge in [-0.3, -0.25) is 4.79 Å². The first-order chi connectivity index (χ1) is 12.3. The van der Waals surface area contributed by atoms with Gasteiger partial charge in [-0.25, -0.2) is 8.42 Å². The molecule has 0 bridgehead atoms. The quantitative estimate of drug-likeness (QED) is 0.764. The second kappa shape index (κ2) is 8.99. The van der Waals surface area contributed by atoms with Crippen molar-refractivity contribution in [1.82, 2.24) is 5.32 Å². The molecule has 0 saturated heterocycles. The highest BCUT2D eigenvalue weighted by Crippen LogP contribution is 2.16. The van der Waals surface area contributed by atoms with Crippen LogP contribution in [0.4, 0.5) is 0 Å². The van der Waals surface area contributed by atoms with Gasteiger partial charge in [-0.2, -0.15) is 0 Å². The van der Waals surface area contributed by atoms with Crippen molar-refractivity contribution < 1.29 is 13.2 Å². The van der Waals surface area contributed by atoms with E-state index in [2.05, 4.69) is 24.4 Å². The van der Waals surface area contributed by atoms with Crippen LogP contribution in [0.2, 0.25) is 0 Å². The molecule has 1 unspecified atom stereocenters. The number of sulfone groups is 1. The molecule has 1 atom stereocenters. The zero-order valence-electron chi connectivity index (χ0n) is 15.7. The standard InChI is InChI=1S/C21H27NO3S/c1-4-5-6-17-7-9-18(10-8-17)15-21(23)22-16(2)19-11-13-20(14-12-19)26(3,24)25/h7-14,16H,4-6,15H2,1-3H3,(H,22,23). The van der Waals surface area contributed by atoms with Crippen LogP contribution in [-0.2, 0) is 27.5 Å². The summed E-state index contributed by atoms with van der Waals surface area (Å²) >= 11 is 0. The maximum Gasteiger partial charge on any atom is 0.224 e. The average Bonchev–Trinajstić information content (AvgIpc) is 2.60. The third kappa shape index (κ3) is 5.99. The Morgan fingerprint density at radius 1 is 1.00 bits per heavy atom. The highest BCUT2D eigenvalue weighted by atomic mass is 32.2. The van der Waals surface area contributed by atoms with E-state index in [0.29, 0.717) is 6.42 Å². The number of hydrogen-bond donors (Lipinski definition) is 1. The van der Waals surface area contributed by atoms with Crippen molar-refractivity contribution in [3.8, 4) is 0 Å². The van der Waals surface area contributed by atoms with Crippen LogP contribution >= 0.6 is 0 Å². The molecule has 140 valence electrons. The van der Waals surface area contributed by atoms with Gasteiger partial charge in [0.05, 0.1) is 17.4 Å². The van der Waals surface area contributed by atoms with Gasteiger partial charge in [0.15, 0.2) is 9.84 Å². The predicted molar refractivity (Wildman–Crippen MR) is 105 cm³/mol. The first kappa shape index (κ1) is 20.2. The second-order valence-corrected chi connectivity index (χ2v) is 8.74. The summed E-state index contributed by atoms with van der Waals surface area (Å²) in [5.41, 5.74) is 3.17. The Kier molecular flexibility index (Phi) is 6.98. The van der Waals surface area contributed by atoms with Crippen LogP contribution in [-0.4, -0.2) is 20.6 Å². The van der Waals surface area contributed by atoms with Crippen molar-refractivity contribution >= 4 is 15.7 Å². The Labute approximate surface area is 156 Å². The van der Waals surface area contributed by atoms with Crippen molar-refractivity contribution in [2.75, 3.05) is 6.26 Å². The van der Waals surface area contributed by atoms with Gasteiger partial charge in [-0.05, 0) is 48.6 Å². The van der Waals surface area contributed by atoms with Crippen molar-refractivity contribution in [2.24, 2.45) is 0 Å². The Balaban J connectivity index is 1.92. The third-order valence-corrected chi connectivity index (χ3v) is 5.52. The lowest BCUT2D eigenvalue weighted by Crippen LogP contribution is -2.28. The molecule has 4 nitrogen and oxygen atoms in total. The van der Waals surface area contributed by atoms with Gasteiger partial charge < -0.3 is 5.32 Å². The van der Waals surface area contributed by atoms with Gasteiger partial charge in [0.2, 0.25) is 5.91 Å². The zero-order valence-corrected chi connectivity index (χ0v) is 16.5. The SMILES string of the molecule is CCCCc1ccc(CC(=O)NC(C)c2ccc(S(C)(=O)=O)cc2)cc1. The van der Waals surface area contributed by atoms with E-state index in [0.717, 1.165) is 17.5 Å². The van der Waals surface area contributed by atoms with Crippen LogP contribution in [0.1, 0.15) is 49.4 Å². The predicted octanol–water partition coefficient (Wildman–Crippen LogP) is 3.85. The summed E-state index contributed by atoms with van der Waals surface area (Å²) in [6.07, 6.45) is 4.94. The monoisotopic (exact) mass is 373 g/mol. The number of rotatable bonds is 8. The number of amides is 1. The Morgan fingerprint density at radius 2 is 1.58 bits per heavy atom. The van der Waals surface area contributed by atoms with E-state index >= 15 is 0 Å². The topological polar surface area (TPSA) is 63.2 Å². The molecule has 0 aliphatic carbocycles. The van der Waals surface area contributed by atoms with Crippen LogP contribution in [0, 0.1) is 0 Å². The number of unbranched alkanes of at least 4 members (excludes halogenated alkanes) is 1. The molecule has 26 heavy (non-hydrogen) atoms. The summed E-state index contributed by atoms with van der Waals surface area (Å²) < 4.78 is 23.0. The Morgan fingerprint density at radius 3 is 2.12 bits per heavy atom. The van der Waals surface area contributed by atoms with E-state index in [1.54, 1.807) is 24.3 Å². The maximum atomic E-state index is 12.3. The van der Waals surface area contributed by atoms with E-state index in [1.807, 2.05) is 19.1 Å².